The van der Waals surface area contributed by atoms with Crippen LogP contribution in [0.3, 0.4) is 0 Å². The second kappa shape index (κ2) is 6.69. The number of hydrogen-bond acceptors (Lipinski definition) is 3. The number of benzene rings is 3. The SMILES string of the molecule is OC1CCOC(O)(c2ccccc2)C1(c1ccccc1)c1ccccc1. The lowest BCUT2D eigenvalue weighted by molar-refractivity contribution is -0.293. The highest BCUT2D eigenvalue weighted by molar-refractivity contribution is 5.47. The monoisotopic (exact) mass is 346 g/mol. The van der Waals surface area contributed by atoms with Crippen LogP contribution in [0.5, 0.6) is 0 Å². The van der Waals surface area contributed by atoms with E-state index >= 15 is 0 Å². The Kier molecular flexibility index (Phi) is 4.37. The average molecular weight is 346 g/mol. The van der Waals surface area contributed by atoms with Gasteiger partial charge in [-0.2, -0.15) is 0 Å². The molecule has 26 heavy (non-hydrogen) atoms. The summed E-state index contributed by atoms with van der Waals surface area (Å²) in [6.07, 6.45) is -0.356. The summed E-state index contributed by atoms with van der Waals surface area (Å²) in [7, 11) is 0. The van der Waals surface area contributed by atoms with Crippen LogP contribution >= 0.6 is 0 Å². The molecule has 3 aromatic rings. The molecule has 3 nitrogen and oxygen atoms in total. The lowest BCUT2D eigenvalue weighted by Crippen LogP contribution is -2.62. The Hall–Kier alpha value is -2.46. The number of aliphatic hydroxyl groups excluding tert-OH is 1. The molecule has 0 saturated carbocycles. The smallest absolute Gasteiger partial charge is 0.209 e. The molecule has 2 N–H and O–H groups in total. The molecule has 0 spiro atoms. The molecule has 1 fully saturated rings. The van der Waals surface area contributed by atoms with E-state index in [1.165, 1.54) is 0 Å². The lowest BCUT2D eigenvalue weighted by atomic mass is 9.61. The molecule has 3 aromatic carbocycles. The molecule has 0 amide bonds. The van der Waals surface area contributed by atoms with Crippen LogP contribution in [0.1, 0.15) is 23.1 Å². The zero-order valence-electron chi connectivity index (χ0n) is 14.5. The summed E-state index contributed by atoms with van der Waals surface area (Å²) in [6, 6.07) is 28.7. The van der Waals surface area contributed by atoms with Gasteiger partial charge in [0.05, 0.1) is 12.7 Å². The van der Waals surface area contributed by atoms with E-state index in [1.54, 1.807) is 0 Å². The fourth-order valence-corrected chi connectivity index (χ4v) is 4.19. The van der Waals surface area contributed by atoms with Crippen molar-refractivity contribution in [2.75, 3.05) is 6.61 Å². The highest BCUT2D eigenvalue weighted by atomic mass is 16.6. The van der Waals surface area contributed by atoms with Gasteiger partial charge in [0, 0.05) is 5.56 Å². The van der Waals surface area contributed by atoms with Crippen molar-refractivity contribution < 1.29 is 14.9 Å². The summed E-state index contributed by atoms with van der Waals surface area (Å²) >= 11 is 0. The van der Waals surface area contributed by atoms with E-state index in [9.17, 15) is 10.2 Å². The van der Waals surface area contributed by atoms with Gasteiger partial charge in [-0.05, 0) is 17.5 Å². The Balaban J connectivity index is 2.06. The minimum absolute atomic E-state index is 0.286. The normalized spacial score (nSPS) is 24.9. The van der Waals surface area contributed by atoms with Crippen LogP contribution in [0.4, 0.5) is 0 Å². The number of hydrogen-bond donors (Lipinski definition) is 2. The zero-order valence-corrected chi connectivity index (χ0v) is 14.5. The highest BCUT2D eigenvalue weighted by Crippen LogP contribution is 2.53. The highest BCUT2D eigenvalue weighted by Gasteiger charge is 2.61. The van der Waals surface area contributed by atoms with E-state index < -0.39 is 17.3 Å². The molecule has 0 bridgehead atoms. The number of aliphatic hydroxyl groups is 2. The fourth-order valence-electron chi connectivity index (χ4n) is 4.19. The minimum atomic E-state index is -1.69. The van der Waals surface area contributed by atoms with Crippen LogP contribution < -0.4 is 0 Å². The first-order valence-electron chi connectivity index (χ1n) is 8.90. The summed E-state index contributed by atoms with van der Waals surface area (Å²) in [6.45, 7) is 0.286. The Labute approximate surface area is 153 Å². The van der Waals surface area contributed by atoms with Crippen LogP contribution in [0.2, 0.25) is 0 Å². The second-order valence-corrected chi connectivity index (χ2v) is 6.70. The standard InChI is InChI=1S/C23H22O3/c24-21-16-17-26-23(25,20-14-8-3-9-15-20)22(21,18-10-4-1-5-11-18)19-12-6-2-7-13-19/h1-15,21,24-25H,16-17H2. The first-order chi connectivity index (χ1) is 12.7. The maximum atomic E-state index is 11.9. The Morgan fingerprint density at radius 1 is 0.692 bits per heavy atom. The predicted molar refractivity (Wildman–Crippen MR) is 101 cm³/mol. The van der Waals surface area contributed by atoms with Crippen molar-refractivity contribution in [2.24, 2.45) is 0 Å². The van der Waals surface area contributed by atoms with Crippen LogP contribution in [0, 0.1) is 0 Å². The molecule has 0 aromatic heterocycles. The van der Waals surface area contributed by atoms with Crippen LogP contribution in [0.15, 0.2) is 91.0 Å². The summed E-state index contributed by atoms with van der Waals surface area (Å²) in [5.74, 6) is -1.69. The van der Waals surface area contributed by atoms with Crippen molar-refractivity contribution in [2.45, 2.75) is 23.7 Å². The van der Waals surface area contributed by atoms with Crippen LogP contribution in [0.25, 0.3) is 0 Å². The number of ether oxygens (including phenoxy) is 1. The molecule has 0 radical (unpaired) electrons. The van der Waals surface area contributed by atoms with Gasteiger partial charge < -0.3 is 14.9 Å². The third-order valence-corrected chi connectivity index (χ3v) is 5.36. The van der Waals surface area contributed by atoms with Crippen LogP contribution in [-0.2, 0) is 15.9 Å². The Morgan fingerprint density at radius 2 is 1.12 bits per heavy atom. The van der Waals surface area contributed by atoms with Gasteiger partial charge in [0.25, 0.3) is 0 Å². The van der Waals surface area contributed by atoms with E-state index in [1.807, 2.05) is 91.0 Å². The van der Waals surface area contributed by atoms with E-state index in [4.69, 9.17) is 4.74 Å². The first kappa shape index (κ1) is 17.0. The summed E-state index contributed by atoms with van der Waals surface area (Å²) in [4.78, 5) is 0. The molecule has 1 aliphatic heterocycles. The maximum Gasteiger partial charge on any atom is 0.209 e. The molecule has 1 aliphatic rings. The average Bonchev–Trinajstić information content (AvgIpc) is 2.70. The maximum absolute atomic E-state index is 11.9. The topological polar surface area (TPSA) is 49.7 Å². The van der Waals surface area contributed by atoms with Gasteiger partial charge in [0.15, 0.2) is 0 Å². The van der Waals surface area contributed by atoms with Gasteiger partial charge in [-0.3, -0.25) is 0 Å². The van der Waals surface area contributed by atoms with E-state index in [0.717, 1.165) is 11.1 Å². The predicted octanol–water partition coefficient (Wildman–Crippen LogP) is 3.60. The van der Waals surface area contributed by atoms with Crippen molar-refractivity contribution in [1.29, 1.82) is 0 Å². The molecule has 1 heterocycles. The third kappa shape index (κ3) is 2.40. The zero-order chi connectivity index (χ0) is 18.0. The number of rotatable bonds is 3. The molecule has 0 aliphatic carbocycles. The molecule has 132 valence electrons. The van der Waals surface area contributed by atoms with Gasteiger partial charge in [-0.15, -0.1) is 0 Å². The van der Waals surface area contributed by atoms with Crippen molar-refractivity contribution in [3.63, 3.8) is 0 Å². The first-order valence-corrected chi connectivity index (χ1v) is 8.90. The van der Waals surface area contributed by atoms with Gasteiger partial charge >= 0.3 is 0 Å². The van der Waals surface area contributed by atoms with Crippen molar-refractivity contribution in [3.8, 4) is 0 Å². The van der Waals surface area contributed by atoms with E-state index in [-0.39, 0.29) is 6.61 Å². The lowest BCUT2D eigenvalue weighted by Gasteiger charge is -2.53. The molecule has 4 rings (SSSR count). The molecule has 2 unspecified atom stereocenters. The van der Waals surface area contributed by atoms with Crippen molar-refractivity contribution in [1.82, 2.24) is 0 Å². The molecular weight excluding hydrogens is 324 g/mol. The fraction of sp³-hybridized carbons (Fsp3) is 0.217. The molecule has 1 saturated heterocycles. The Bertz CT molecular complexity index is 809. The molecule has 2 atom stereocenters. The van der Waals surface area contributed by atoms with Gasteiger partial charge in [0.1, 0.15) is 5.41 Å². The summed E-state index contributed by atoms with van der Waals surface area (Å²) in [5.41, 5.74) is 1.15. The minimum Gasteiger partial charge on any atom is -0.392 e. The second-order valence-electron chi connectivity index (χ2n) is 6.70. The van der Waals surface area contributed by atoms with Gasteiger partial charge in [-0.1, -0.05) is 91.0 Å². The summed E-state index contributed by atoms with van der Waals surface area (Å²) < 4.78 is 6.04. The third-order valence-electron chi connectivity index (χ3n) is 5.36. The van der Waals surface area contributed by atoms with Crippen LogP contribution in [-0.4, -0.2) is 22.9 Å². The van der Waals surface area contributed by atoms with Crippen molar-refractivity contribution >= 4 is 0 Å². The molecule has 3 heteroatoms. The van der Waals surface area contributed by atoms with Crippen molar-refractivity contribution in [3.05, 3.63) is 108 Å². The van der Waals surface area contributed by atoms with E-state index in [2.05, 4.69) is 0 Å². The summed E-state index contributed by atoms with van der Waals surface area (Å²) in [5, 5.41) is 23.2. The Morgan fingerprint density at radius 3 is 1.58 bits per heavy atom. The van der Waals surface area contributed by atoms with E-state index in [0.29, 0.717) is 12.0 Å². The van der Waals surface area contributed by atoms with Gasteiger partial charge in [-0.25, -0.2) is 0 Å². The largest absolute Gasteiger partial charge is 0.392 e. The quantitative estimate of drug-likeness (QED) is 0.762. The molecular formula is C23H22O3. The van der Waals surface area contributed by atoms with Gasteiger partial charge in [0.2, 0.25) is 5.79 Å².